The topological polar surface area (TPSA) is 73.5 Å². The van der Waals surface area contributed by atoms with Crippen molar-refractivity contribution in [1.29, 1.82) is 0 Å². The Morgan fingerprint density at radius 1 is 1.00 bits per heavy atom. The van der Waals surface area contributed by atoms with Gasteiger partial charge in [-0.15, -0.1) is 10.2 Å². The minimum Gasteiger partial charge on any atom is -0.492 e. The van der Waals surface area contributed by atoms with Crippen molar-refractivity contribution >= 4 is 11.8 Å². The normalized spacial score (nSPS) is 14.9. The first kappa shape index (κ1) is 18.9. The molecular formula is C20H22N4O3S. The van der Waals surface area contributed by atoms with Gasteiger partial charge in [0.1, 0.15) is 12.4 Å². The largest absolute Gasteiger partial charge is 0.492 e. The van der Waals surface area contributed by atoms with Crippen molar-refractivity contribution in [3.63, 3.8) is 0 Å². The molecule has 1 aliphatic rings. The number of thioether (sulfide) groups is 1. The van der Waals surface area contributed by atoms with E-state index in [1.54, 1.807) is 12.4 Å². The van der Waals surface area contributed by atoms with E-state index in [-0.39, 0.29) is 0 Å². The zero-order valence-electron chi connectivity index (χ0n) is 15.5. The highest BCUT2D eigenvalue weighted by Gasteiger charge is 2.10. The van der Waals surface area contributed by atoms with E-state index >= 15 is 0 Å². The van der Waals surface area contributed by atoms with Crippen molar-refractivity contribution in [3.8, 4) is 17.2 Å². The highest BCUT2D eigenvalue weighted by Crippen LogP contribution is 2.26. The van der Waals surface area contributed by atoms with Gasteiger partial charge >= 0.3 is 0 Å². The molecule has 0 atom stereocenters. The molecule has 8 heteroatoms. The monoisotopic (exact) mass is 398 g/mol. The SMILES string of the molecule is c1cc(-c2nnc(SCc3ccc(OCCN4CCOCC4)cc3)o2)ccn1. The summed E-state index contributed by atoms with van der Waals surface area (Å²) in [5, 5.41) is 8.74. The first-order valence-electron chi connectivity index (χ1n) is 9.25. The van der Waals surface area contributed by atoms with Crippen molar-refractivity contribution in [1.82, 2.24) is 20.1 Å². The molecule has 4 rings (SSSR count). The average Bonchev–Trinajstić information content (AvgIpc) is 3.24. The maximum Gasteiger partial charge on any atom is 0.277 e. The fourth-order valence-corrected chi connectivity index (χ4v) is 3.54. The Bertz CT molecular complexity index is 851. The van der Waals surface area contributed by atoms with Gasteiger partial charge < -0.3 is 13.9 Å². The fourth-order valence-electron chi connectivity index (χ4n) is 2.82. The lowest BCUT2D eigenvalue weighted by atomic mass is 10.2. The summed E-state index contributed by atoms with van der Waals surface area (Å²) in [4.78, 5) is 6.35. The maximum absolute atomic E-state index is 5.84. The van der Waals surface area contributed by atoms with Gasteiger partial charge in [-0.3, -0.25) is 9.88 Å². The van der Waals surface area contributed by atoms with E-state index in [2.05, 4.69) is 32.2 Å². The molecule has 1 fully saturated rings. The number of rotatable bonds is 8. The van der Waals surface area contributed by atoms with Gasteiger partial charge in [0, 0.05) is 43.3 Å². The lowest BCUT2D eigenvalue weighted by Crippen LogP contribution is -2.38. The summed E-state index contributed by atoms with van der Waals surface area (Å²) >= 11 is 1.52. The predicted molar refractivity (Wildman–Crippen MR) is 106 cm³/mol. The van der Waals surface area contributed by atoms with Crippen LogP contribution in [0.1, 0.15) is 5.56 Å². The van der Waals surface area contributed by atoms with E-state index < -0.39 is 0 Å². The lowest BCUT2D eigenvalue weighted by Gasteiger charge is -2.26. The Balaban J connectivity index is 1.23. The average molecular weight is 398 g/mol. The fraction of sp³-hybridized carbons (Fsp3) is 0.350. The number of hydrogen-bond acceptors (Lipinski definition) is 8. The maximum atomic E-state index is 5.84. The highest BCUT2D eigenvalue weighted by atomic mass is 32.2. The van der Waals surface area contributed by atoms with Crippen molar-refractivity contribution in [2.24, 2.45) is 0 Å². The van der Waals surface area contributed by atoms with Crippen LogP contribution in [-0.4, -0.2) is 59.5 Å². The van der Waals surface area contributed by atoms with Gasteiger partial charge in [-0.05, 0) is 29.8 Å². The third-order valence-electron chi connectivity index (χ3n) is 4.40. The van der Waals surface area contributed by atoms with Crippen LogP contribution in [0.15, 0.2) is 58.4 Å². The molecule has 1 aliphatic heterocycles. The molecule has 28 heavy (non-hydrogen) atoms. The van der Waals surface area contributed by atoms with Crippen LogP contribution in [0.25, 0.3) is 11.5 Å². The highest BCUT2D eigenvalue weighted by molar-refractivity contribution is 7.98. The zero-order valence-corrected chi connectivity index (χ0v) is 16.3. The third kappa shape index (κ3) is 5.31. The van der Waals surface area contributed by atoms with Crippen molar-refractivity contribution in [3.05, 3.63) is 54.4 Å². The number of aromatic nitrogens is 3. The van der Waals surface area contributed by atoms with Gasteiger partial charge in [-0.1, -0.05) is 23.9 Å². The summed E-state index contributed by atoms with van der Waals surface area (Å²) in [6, 6.07) is 11.8. The molecule has 0 amide bonds. The number of morpholine rings is 1. The van der Waals surface area contributed by atoms with Gasteiger partial charge in [0.2, 0.25) is 5.89 Å². The Morgan fingerprint density at radius 2 is 1.79 bits per heavy atom. The summed E-state index contributed by atoms with van der Waals surface area (Å²) < 4.78 is 16.9. The molecule has 3 aromatic rings. The summed E-state index contributed by atoms with van der Waals surface area (Å²) in [6.07, 6.45) is 3.41. The van der Waals surface area contributed by atoms with E-state index in [1.807, 2.05) is 24.3 Å². The second kappa shape index (κ2) is 9.68. The van der Waals surface area contributed by atoms with Crippen LogP contribution in [0.4, 0.5) is 0 Å². The molecule has 0 unspecified atom stereocenters. The van der Waals surface area contributed by atoms with Crippen LogP contribution in [0.2, 0.25) is 0 Å². The van der Waals surface area contributed by atoms with Gasteiger partial charge in [-0.25, -0.2) is 0 Å². The van der Waals surface area contributed by atoms with E-state index in [9.17, 15) is 0 Å². The third-order valence-corrected chi connectivity index (χ3v) is 5.29. The van der Waals surface area contributed by atoms with E-state index in [1.165, 1.54) is 17.3 Å². The predicted octanol–water partition coefficient (Wildman–Crippen LogP) is 3.13. The van der Waals surface area contributed by atoms with Crippen molar-refractivity contribution in [2.45, 2.75) is 11.0 Å². The molecule has 1 aromatic carbocycles. The van der Waals surface area contributed by atoms with Crippen molar-refractivity contribution < 1.29 is 13.9 Å². The van der Waals surface area contributed by atoms with Gasteiger partial charge in [-0.2, -0.15) is 0 Å². The molecule has 1 saturated heterocycles. The molecule has 0 aliphatic carbocycles. The summed E-state index contributed by atoms with van der Waals surface area (Å²) in [5.41, 5.74) is 2.04. The van der Waals surface area contributed by atoms with Gasteiger partial charge in [0.15, 0.2) is 0 Å². The van der Waals surface area contributed by atoms with E-state index in [4.69, 9.17) is 13.9 Å². The number of hydrogen-bond donors (Lipinski definition) is 0. The minimum absolute atomic E-state index is 0.508. The molecule has 0 saturated carbocycles. The molecule has 3 heterocycles. The number of ether oxygens (including phenoxy) is 2. The molecule has 0 spiro atoms. The number of benzene rings is 1. The molecular weight excluding hydrogens is 376 g/mol. The van der Waals surface area contributed by atoms with E-state index in [0.29, 0.717) is 17.7 Å². The zero-order chi connectivity index (χ0) is 19.0. The van der Waals surface area contributed by atoms with Crippen LogP contribution < -0.4 is 4.74 Å². The Labute approximate surface area is 168 Å². The standard InChI is InChI=1S/C20H22N4O3S/c1-3-18(26-14-11-24-9-12-25-13-10-24)4-2-16(1)15-28-20-23-22-19(27-20)17-5-7-21-8-6-17/h1-8H,9-15H2. The number of pyridine rings is 1. The summed E-state index contributed by atoms with van der Waals surface area (Å²) in [6.45, 7) is 5.22. The Kier molecular flexibility index (Phi) is 6.54. The van der Waals surface area contributed by atoms with Crippen LogP contribution in [0.3, 0.4) is 0 Å². The van der Waals surface area contributed by atoms with Crippen LogP contribution >= 0.6 is 11.8 Å². The molecule has 0 N–H and O–H groups in total. The van der Waals surface area contributed by atoms with Crippen LogP contribution in [0.5, 0.6) is 5.75 Å². The molecule has 7 nitrogen and oxygen atoms in total. The Morgan fingerprint density at radius 3 is 2.57 bits per heavy atom. The molecule has 2 aromatic heterocycles. The molecule has 0 radical (unpaired) electrons. The van der Waals surface area contributed by atoms with Crippen molar-refractivity contribution in [2.75, 3.05) is 39.5 Å². The van der Waals surface area contributed by atoms with Crippen LogP contribution in [-0.2, 0) is 10.5 Å². The lowest BCUT2D eigenvalue weighted by molar-refractivity contribution is 0.0322. The smallest absolute Gasteiger partial charge is 0.277 e. The molecule has 146 valence electrons. The van der Waals surface area contributed by atoms with Gasteiger partial charge in [0.25, 0.3) is 5.22 Å². The first-order chi connectivity index (χ1) is 13.9. The minimum atomic E-state index is 0.508. The number of nitrogens with zero attached hydrogens (tertiary/aromatic N) is 4. The summed E-state index contributed by atoms with van der Waals surface area (Å²) in [7, 11) is 0. The van der Waals surface area contributed by atoms with Gasteiger partial charge in [0.05, 0.1) is 13.2 Å². The van der Waals surface area contributed by atoms with Crippen LogP contribution in [0, 0.1) is 0 Å². The summed E-state index contributed by atoms with van der Waals surface area (Å²) in [5.74, 6) is 2.15. The second-order valence-corrected chi connectivity index (χ2v) is 7.27. The quantitative estimate of drug-likeness (QED) is 0.536. The first-order valence-corrected chi connectivity index (χ1v) is 10.2. The Hall–Kier alpha value is -2.42. The van der Waals surface area contributed by atoms with E-state index in [0.717, 1.165) is 49.9 Å². The second-order valence-electron chi connectivity index (χ2n) is 6.34. The molecule has 0 bridgehead atoms.